The van der Waals surface area contributed by atoms with Crippen molar-refractivity contribution in [3.63, 3.8) is 0 Å². The Morgan fingerprint density at radius 3 is 2.56 bits per heavy atom. The van der Waals surface area contributed by atoms with Gasteiger partial charge in [0.05, 0.1) is 18.7 Å². The normalized spacial score (nSPS) is 16.2. The number of carboxylic acids is 1. The molecule has 0 spiro atoms. The van der Waals surface area contributed by atoms with Crippen molar-refractivity contribution in [2.45, 2.75) is 55.9 Å². The van der Waals surface area contributed by atoms with Crippen LogP contribution in [0.4, 0.5) is 18.9 Å². The second kappa shape index (κ2) is 10.2. The molecule has 1 aromatic carbocycles. The summed E-state index contributed by atoms with van der Waals surface area (Å²) >= 11 is 3.17. The van der Waals surface area contributed by atoms with E-state index in [1.807, 2.05) is 0 Å². The fourth-order valence-electron chi connectivity index (χ4n) is 3.34. The molecular formula is C22H22BrF3N2O7S. The lowest BCUT2D eigenvalue weighted by molar-refractivity contribution is -0.257. The number of hydrogen-bond acceptors (Lipinski definition) is 7. The molecule has 14 heteroatoms. The number of aromatic nitrogens is 1. The Morgan fingerprint density at radius 1 is 1.25 bits per heavy atom. The molecule has 0 saturated carbocycles. The van der Waals surface area contributed by atoms with Crippen LogP contribution in [0.2, 0.25) is 0 Å². The van der Waals surface area contributed by atoms with Crippen molar-refractivity contribution in [1.29, 1.82) is 0 Å². The van der Waals surface area contributed by atoms with Crippen molar-refractivity contribution in [2.24, 2.45) is 0 Å². The van der Waals surface area contributed by atoms with Crippen LogP contribution in [0.3, 0.4) is 0 Å². The molecule has 196 valence electrons. The first-order chi connectivity index (χ1) is 16.6. The Labute approximate surface area is 213 Å². The smallest absolute Gasteiger partial charge is 0.427 e. The van der Waals surface area contributed by atoms with E-state index in [0.717, 1.165) is 24.3 Å². The van der Waals surface area contributed by atoms with Gasteiger partial charge in [-0.15, -0.1) is 0 Å². The van der Waals surface area contributed by atoms with Crippen LogP contribution in [0.5, 0.6) is 5.75 Å². The molecule has 1 atom stereocenters. The number of carbonyl (C=O) groups is 2. The number of halogens is 4. The number of nitrogens with zero attached hydrogens (tertiary/aromatic N) is 2. The van der Waals surface area contributed by atoms with Gasteiger partial charge in [-0.3, -0.25) is 18.9 Å². The van der Waals surface area contributed by atoms with E-state index in [9.17, 15) is 31.2 Å². The molecule has 0 aliphatic carbocycles. The summed E-state index contributed by atoms with van der Waals surface area (Å²) in [6.07, 6.45) is -3.81. The summed E-state index contributed by atoms with van der Waals surface area (Å²) in [5, 5.41) is 9.01. The van der Waals surface area contributed by atoms with Gasteiger partial charge < -0.3 is 14.6 Å². The second-order valence-electron chi connectivity index (χ2n) is 8.51. The van der Waals surface area contributed by atoms with Gasteiger partial charge in [-0.1, -0.05) is 6.07 Å². The summed E-state index contributed by atoms with van der Waals surface area (Å²) in [4.78, 5) is 27.0. The highest BCUT2D eigenvalue weighted by Gasteiger charge is 2.50. The van der Waals surface area contributed by atoms with Crippen molar-refractivity contribution in [1.82, 2.24) is 4.98 Å². The SMILES string of the molecule is CC(C)(OC(=O)Cc1ccc2c(c1)N(S(=O)(=O)c1cncc(Br)c1)C[C@H](CCC(=O)O)O2)C(F)(F)F. The van der Waals surface area contributed by atoms with Gasteiger partial charge in [-0.05, 0) is 60.0 Å². The molecule has 0 radical (unpaired) electrons. The van der Waals surface area contributed by atoms with Crippen molar-refractivity contribution < 1.29 is 45.8 Å². The molecule has 2 aromatic rings. The Kier molecular flexibility index (Phi) is 7.89. The van der Waals surface area contributed by atoms with E-state index in [2.05, 4.69) is 25.7 Å². The lowest BCUT2D eigenvalue weighted by Gasteiger charge is -2.35. The summed E-state index contributed by atoms with van der Waals surface area (Å²) < 4.78 is 78.0. The van der Waals surface area contributed by atoms with Gasteiger partial charge in [0.1, 0.15) is 16.7 Å². The minimum atomic E-state index is -4.78. The third kappa shape index (κ3) is 6.27. The molecule has 0 bridgehead atoms. The number of alkyl halides is 3. The monoisotopic (exact) mass is 594 g/mol. The van der Waals surface area contributed by atoms with Crippen LogP contribution in [0, 0.1) is 0 Å². The number of ether oxygens (including phenoxy) is 2. The van der Waals surface area contributed by atoms with Crippen molar-refractivity contribution >= 4 is 43.6 Å². The highest BCUT2D eigenvalue weighted by atomic mass is 79.9. The number of hydrogen-bond donors (Lipinski definition) is 1. The van der Waals surface area contributed by atoms with Crippen LogP contribution < -0.4 is 9.04 Å². The topological polar surface area (TPSA) is 123 Å². The number of aliphatic carboxylic acids is 1. The van der Waals surface area contributed by atoms with Gasteiger partial charge >= 0.3 is 18.1 Å². The zero-order valence-electron chi connectivity index (χ0n) is 19.1. The maximum absolute atomic E-state index is 13.5. The predicted octanol–water partition coefficient (Wildman–Crippen LogP) is 4.09. The van der Waals surface area contributed by atoms with Crippen LogP contribution in [-0.2, 0) is 30.8 Å². The van der Waals surface area contributed by atoms with Crippen LogP contribution >= 0.6 is 15.9 Å². The zero-order chi connectivity index (χ0) is 26.9. The van der Waals surface area contributed by atoms with E-state index in [1.54, 1.807) is 0 Å². The summed E-state index contributed by atoms with van der Waals surface area (Å²) in [7, 11) is -4.21. The summed E-state index contributed by atoms with van der Waals surface area (Å²) in [5.41, 5.74) is -2.47. The molecule has 1 aromatic heterocycles. The van der Waals surface area contributed by atoms with Gasteiger partial charge in [-0.25, -0.2) is 8.42 Å². The highest BCUT2D eigenvalue weighted by Crippen LogP contribution is 2.39. The number of fused-ring (bicyclic) bond motifs is 1. The highest BCUT2D eigenvalue weighted by molar-refractivity contribution is 9.10. The molecule has 0 amide bonds. The van der Waals surface area contributed by atoms with Crippen molar-refractivity contribution in [3.8, 4) is 5.75 Å². The first kappa shape index (κ1) is 27.7. The second-order valence-corrected chi connectivity index (χ2v) is 11.3. The minimum absolute atomic E-state index is 0.0259. The van der Waals surface area contributed by atoms with E-state index in [4.69, 9.17) is 9.84 Å². The average Bonchev–Trinajstić information content (AvgIpc) is 2.76. The third-order valence-electron chi connectivity index (χ3n) is 5.30. The average molecular weight is 595 g/mol. The standard InChI is InChI=1S/C22H22BrF3N2O7S/c1-21(2,22(24,25)26)35-20(31)8-13-3-5-18-17(7-13)28(12-15(34-18)4-6-19(29)30)36(32,33)16-9-14(23)10-27-11-16/h3,5,7,9-11,15H,4,6,8,12H2,1-2H3,(H,29,30)/t15-/m0/s1. The summed E-state index contributed by atoms with van der Waals surface area (Å²) in [6, 6.07) is 5.42. The number of esters is 1. The molecule has 2 heterocycles. The predicted molar refractivity (Wildman–Crippen MR) is 124 cm³/mol. The van der Waals surface area contributed by atoms with Gasteiger partial charge in [0.2, 0.25) is 5.60 Å². The first-order valence-corrected chi connectivity index (χ1v) is 12.8. The zero-order valence-corrected chi connectivity index (χ0v) is 21.5. The van der Waals surface area contributed by atoms with Gasteiger partial charge in [-0.2, -0.15) is 13.2 Å². The molecule has 0 saturated heterocycles. The minimum Gasteiger partial charge on any atom is -0.486 e. The molecule has 9 nitrogen and oxygen atoms in total. The summed E-state index contributed by atoms with van der Waals surface area (Å²) in [5.74, 6) is -2.12. The number of rotatable bonds is 8. The number of carboxylic acid groups (broad SMARTS) is 1. The molecule has 36 heavy (non-hydrogen) atoms. The van der Waals surface area contributed by atoms with Crippen LogP contribution in [0.15, 0.2) is 46.0 Å². The van der Waals surface area contributed by atoms with Gasteiger partial charge in [0, 0.05) is 23.3 Å². The first-order valence-electron chi connectivity index (χ1n) is 10.5. The molecule has 0 fully saturated rings. The Morgan fingerprint density at radius 2 is 1.94 bits per heavy atom. The molecule has 0 unspecified atom stereocenters. The van der Waals surface area contributed by atoms with Crippen LogP contribution in [-0.4, -0.2) is 54.9 Å². The largest absolute Gasteiger partial charge is 0.486 e. The lowest BCUT2D eigenvalue weighted by Crippen LogP contribution is -2.44. The quantitative estimate of drug-likeness (QED) is 0.453. The van der Waals surface area contributed by atoms with E-state index in [0.29, 0.717) is 4.47 Å². The number of anilines is 1. The fraction of sp³-hybridized carbons (Fsp3) is 0.409. The van der Waals surface area contributed by atoms with Gasteiger partial charge in [0.15, 0.2) is 0 Å². The van der Waals surface area contributed by atoms with Crippen molar-refractivity contribution in [2.75, 3.05) is 10.8 Å². The third-order valence-corrected chi connectivity index (χ3v) is 7.48. The van der Waals surface area contributed by atoms with E-state index >= 15 is 0 Å². The van der Waals surface area contributed by atoms with Crippen LogP contribution in [0.25, 0.3) is 0 Å². The summed E-state index contributed by atoms with van der Waals surface area (Å²) in [6.45, 7) is 1.22. The van der Waals surface area contributed by atoms with E-state index < -0.39 is 46.3 Å². The molecule has 1 aliphatic heterocycles. The molecule has 3 rings (SSSR count). The maximum atomic E-state index is 13.5. The Balaban J connectivity index is 1.96. The number of carbonyl (C=O) groups excluding carboxylic acids is 1. The van der Waals surface area contributed by atoms with Crippen molar-refractivity contribution in [3.05, 3.63) is 46.7 Å². The number of benzene rings is 1. The lowest BCUT2D eigenvalue weighted by atomic mass is 10.1. The molecule has 1 aliphatic rings. The number of pyridine rings is 1. The fourth-order valence-corrected chi connectivity index (χ4v) is 5.34. The van der Waals surface area contributed by atoms with Gasteiger partial charge in [0.25, 0.3) is 10.0 Å². The molecule has 1 N–H and O–H groups in total. The Bertz CT molecular complexity index is 1270. The van der Waals surface area contributed by atoms with E-state index in [-0.39, 0.29) is 41.3 Å². The molecular weight excluding hydrogens is 573 g/mol. The number of sulfonamides is 1. The van der Waals surface area contributed by atoms with Crippen LogP contribution in [0.1, 0.15) is 32.3 Å². The Hall–Kier alpha value is -2.87. The maximum Gasteiger partial charge on any atom is 0.427 e. The van der Waals surface area contributed by atoms with E-state index in [1.165, 1.54) is 30.5 Å².